The molecule has 5 nitrogen and oxygen atoms in total. The third-order valence-electron chi connectivity index (χ3n) is 2.11. The van der Waals surface area contributed by atoms with Crippen molar-refractivity contribution in [1.29, 1.82) is 0 Å². The number of nitrogens with zero attached hydrogens (tertiary/aromatic N) is 1. The summed E-state index contributed by atoms with van der Waals surface area (Å²) in [5.41, 5.74) is 5.06. The quantitative estimate of drug-likeness (QED) is 0.638. The smallest absolute Gasteiger partial charge is 0.410 e. The van der Waals surface area contributed by atoms with Gasteiger partial charge in [-0.05, 0) is 20.8 Å². The lowest BCUT2D eigenvalue weighted by atomic mass is 10.1. The van der Waals surface area contributed by atoms with Gasteiger partial charge in [-0.1, -0.05) is 0 Å². The molecule has 0 unspecified atom stereocenters. The Morgan fingerprint density at radius 2 is 2.13 bits per heavy atom. The number of piperidine rings is 1. The fourth-order valence-corrected chi connectivity index (χ4v) is 1.35. The Morgan fingerprint density at radius 1 is 1.53 bits per heavy atom. The second kappa shape index (κ2) is 4.18. The first kappa shape index (κ1) is 12.0. The molecule has 0 radical (unpaired) electrons. The highest BCUT2D eigenvalue weighted by atomic mass is 16.6. The van der Waals surface area contributed by atoms with Gasteiger partial charge in [0.25, 0.3) is 0 Å². The van der Waals surface area contributed by atoms with E-state index in [0.717, 1.165) is 0 Å². The van der Waals surface area contributed by atoms with Crippen LogP contribution in [0, 0.1) is 0 Å². The Hall–Kier alpha value is -1.10. The molecule has 1 atom stereocenters. The van der Waals surface area contributed by atoms with Crippen LogP contribution >= 0.6 is 0 Å². The van der Waals surface area contributed by atoms with E-state index in [2.05, 4.69) is 0 Å². The van der Waals surface area contributed by atoms with Gasteiger partial charge in [0, 0.05) is 19.5 Å². The predicted molar refractivity (Wildman–Crippen MR) is 55.4 cm³/mol. The van der Waals surface area contributed by atoms with Gasteiger partial charge in [0.05, 0.1) is 6.04 Å². The number of nitrogens with two attached hydrogens (primary N) is 1. The number of ketones is 1. The maximum Gasteiger partial charge on any atom is 0.410 e. The summed E-state index contributed by atoms with van der Waals surface area (Å²) in [6, 6.07) is -0.564. The lowest BCUT2D eigenvalue weighted by molar-refractivity contribution is -0.122. The molecule has 1 fully saturated rings. The summed E-state index contributed by atoms with van der Waals surface area (Å²) in [4.78, 5) is 24.2. The molecule has 86 valence electrons. The van der Waals surface area contributed by atoms with Crippen LogP contribution in [0.15, 0.2) is 0 Å². The first-order chi connectivity index (χ1) is 6.79. The Bertz CT molecular complexity index is 270. The lowest BCUT2D eigenvalue weighted by Crippen LogP contribution is -2.52. The molecule has 1 aliphatic heterocycles. The molecular formula is C10H18N2O3. The molecule has 0 aliphatic carbocycles. The Morgan fingerprint density at radius 3 is 2.60 bits per heavy atom. The van der Waals surface area contributed by atoms with Crippen LogP contribution in [0.1, 0.15) is 27.2 Å². The molecule has 5 heteroatoms. The van der Waals surface area contributed by atoms with Crippen LogP contribution in [0.4, 0.5) is 4.79 Å². The second-order valence-electron chi connectivity index (χ2n) is 4.75. The summed E-state index contributed by atoms with van der Waals surface area (Å²) in [5.74, 6) is 0.00908. The van der Waals surface area contributed by atoms with Gasteiger partial charge in [0.1, 0.15) is 5.60 Å². The predicted octanol–water partition coefficient (Wildman–Crippen LogP) is 0.524. The van der Waals surface area contributed by atoms with Crippen LogP contribution in [0.3, 0.4) is 0 Å². The summed E-state index contributed by atoms with van der Waals surface area (Å²) in [7, 11) is 0. The molecule has 2 N–H and O–H groups in total. The zero-order valence-corrected chi connectivity index (χ0v) is 9.45. The molecule has 0 spiro atoms. The van der Waals surface area contributed by atoms with Gasteiger partial charge in [0.2, 0.25) is 0 Å². The molecule has 1 amide bonds. The minimum atomic E-state index is -0.564. The number of carbonyl (C=O) groups excluding carboxylic acids is 2. The molecule has 15 heavy (non-hydrogen) atoms. The van der Waals surface area contributed by atoms with Crippen molar-refractivity contribution in [2.75, 3.05) is 13.1 Å². The highest BCUT2D eigenvalue weighted by Gasteiger charge is 2.29. The third-order valence-corrected chi connectivity index (χ3v) is 2.11. The number of hydrogen-bond donors (Lipinski definition) is 1. The number of amides is 1. The number of Topliss-reactive ketones (excluding diaryl/α,β-unsaturated/α-hetero) is 1. The van der Waals surface area contributed by atoms with Crippen molar-refractivity contribution < 1.29 is 14.3 Å². The van der Waals surface area contributed by atoms with Crippen molar-refractivity contribution in [2.24, 2.45) is 5.73 Å². The van der Waals surface area contributed by atoms with Crippen molar-refractivity contribution in [3.8, 4) is 0 Å². The van der Waals surface area contributed by atoms with Crippen LogP contribution in [-0.2, 0) is 9.53 Å². The summed E-state index contributed by atoms with van der Waals surface area (Å²) >= 11 is 0. The number of likely N-dealkylation sites (tertiary alicyclic amines) is 1. The number of hydrogen-bond acceptors (Lipinski definition) is 4. The van der Waals surface area contributed by atoms with Crippen LogP contribution < -0.4 is 5.73 Å². The van der Waals surface area contributed by atoms with E-state index in [1.54, 1.807) is 20.8 Å². The third kappa shape index (κ3) is 3.51. The van der Waals surface area contributed by atoms with E-state index >= 15 is 0 Å². The Kier molecular flexibility index (Phi) is 3.34. The lowest BCUT2D eigenvalue weighted by Gasteiger charge is -2.31. The molecule has 0 aromatic rings. The normalized spacial score (nSPS) is 22.8. The van der Waals surface area contributed by atoms with E-state index in [1.807, 2.05) is 0 Å². The van der Waals surface area contributed by atoms with E-state index in [1.165, 1.54) is 4.90 Å². The first-order valence-corrected chi connectivity index (χ1v) is 5.06. The topological polar surface area (TPSA) is 72.6 Å². The van der Waals surface area contributed by atoms with Crippen molar-refractivity contribution in [2.45, 2.75) is 38.8 Å². The van der Waals surface area contributed by atoms with Crippen molar-refractivity contribution in [1.82, 2.24) is 4.90 Å². The number of carbonyl (C=O) groups is 2. The monoisotopic (exact) mass is 214 g/mol. The molecule has 0 bridgehead atoms. The Labute approximate surface area is 89.6 Å². The average molecular weight is 214 g/mol. The maximum atomic E-state index is 11.6. The van der Waals surface area contributed by atoms with Crippen molar-refractivity contribution >= 4 is 11.9 Å². The highest BCUT2D eigenvalue weighted by molar-refractivity contribution is 5.86. The van der Waals surface area contributed by atoms with Gasteiger partial charge in [-0.25, -0.2) is 4.79 Å². The molecule has 0 aromatic carbocycles. The van der Waals surface area contributed by atoms with Gasteiger partial charge in [0.15, 0.2) is 5.78 Å². The second-order valence-corrected chi connectivity index (χ2v) is 4.75. The SMILES string of the molecule is CC(C)(C)OC(=O)N1CCC(=O)[C@H](N)C1. The first-order valence-electron chi connectivity index (χ1n) is 5.06. The zero-order chi connectivity index (χ0) is 11.6. The standard InChI is InChI=1S/C10H18N2O3/c1-10(2,3)15-9(14)12-5-4-8(13)7(11)6-12/h7H,4-6,11H2,1-3H3/t7-/m1/s1. The molecule has 0 saturated carbocycles. The Balaban J connectivity index is 2.51. The average Bonchev–Trinajstić information content (AvgIpc) is 2.06. The fourth-order valence-electron chi connectivity index (χ4n) is 1.35. The number of ether oxygens (including phenoxy) is 1. The number of rotatable bonds is 0. The van der Waals surface area contributed by atoms with Gasteiger partial charge in [-0.2, -0.15) is 0 Å². The molecule has 0 aromatic heterocycles. The van der Waals surface area contributed by atoms with Gasteiger partial charge < -0.3 is 15.4 Å². The maximum absolute atomic E-state index is 11.6. The molecular weight excluding hydrogens is 196 g/mol. The minimum Gasteiger partial charge on any atom is -0.444 e. The van der Waals surface area contributed by atoms with Crippen LogP contribution in [0.2, 0.25) is 0 Å². The van der Waals surface area contributed by atoms with E-state index in [0.29, 0.717) is 13.0 Å². The largest absolute Gasteiger partial charge is 0.444 e. The molecule has 1 rings (SSSR count). The molecule has 1 saturated heterocycles. The van der Waals surface area contributed by atoms with Gasteiger partial charge in [-0.3, -0.25) is 4.79 Å². The minimum absolute atomic E-state index is 0.00908. The van der Waals surface area contributed by atoms with E-state index in [9.17, 15) is 9.59 Å². The van der Waals surface area contributed by atoms with Gasteiger partial charge >= 0.3 is 6.09 Å². The van der Waals surface area contributed by atoms with E-state index in [4.69, 9.17) is 10.5 Å². The van der Waals surface area contributed by atoms with Gasteiger partial charge in [-0.15, -0.1) is 0 Å². The van der Waals surface area contributed by atoms with Crippen molar-refractivity contribution in [3.05, 3.63) is 0 Å². The van der Waals surface area contributed by atoms with E-state index in [-0.39, 0.29) is 12.3 Å². The highest BCUT2D eigenvalue weighted by Crippen LogP contribution is 2.13. The zero-order valence-electron chi connectivity index (χ0n) is 9.45. The van der Waals surface area contributed by atoms with Crippen LogP contribution in [-0.4, -0.2) is 41.5 Å². The van der Waals surface area contributed by atoms with Crippen LogP contribution in [0.5, 0.6) is 0 Å². The molecule has 1 aliphatic rings. The summed E-state index contributed by atoms with van der Waals surface area (Å²) in [6.45, 7) is 6.08. The summed E-state index contributed by atoms with van der Waals surface area (Å²) in [6.07, 6.45) is -0.0779. The van der Waals surface area contributed by atoms with E-state index < -0.39 is 17.7 Å². The summed E-state index contributed by atoms with van der Waals surface area (Å²) in [5, 5.41) is 0. The fraction of sp³-hybridized carbons (Fsp3) is 0.800. The summed E-state index contributed by atoms with van der Waals surface area (Å²) < 4.78 is 5.18. The van der Waals surface area contributed by atoms with Crippen molar-refractivity contribution in [3.63, 3.8) is 0 Å². The van der Waals surface area contributed by atoms with Crippen LogP contribution in [0.25, 0.3) is 0 Å². The molecule has 1 heterocycles.